The molecule has 1 saturated heterocycles. The van der Waals surface area contributed by atoms with Gasteiger partial charge in [-0.15, -0.1) is 0 Å². The Bertz CT molecular complexity index is 1370. The highest BCUT2D eigenvalue weighted by molar-refractivity contribution is 8.18. The van der Waals surface area contributed by atoms with Gasteiger partial charge in [-0.2, -0.15) is 0 Å². The summed E-state index contributed by atoms with van der Waals surface area (Å²) in [6.07, 6.45) is 1.72. The molecule has 0 N–H and O–H groups in total. The molecular weight excluding hydrogens is 460 g/mol. The maximum absolute atomic E-state index is 13.0. The van der Waals surface area contributed by atoms with Gasteiger partial charge in [-0.1, -0.05) is 0 Å². The zero-order valence-electron chi connectivity index (χ0n) is 18.6. The summed E-state index contributed by atoms with van der Waals surface area (Å²) in [5.41, 5.74) is 3.61. The van der Waals surface area contributed by atoms with Crippen molar-refractivity contribution in [2.45, 2.75) is 20.4 Å². The average molecular weight is 480 g/mol. The van der Waals surface area contributed by atoms with Crippen LogP contribution in [-0.2, 0) is 16.1 Å². The normalized spacial score (nSPS) is 16.1. The summed E-state index contributed by atoms with van der Waals surface area (Å²) >= 11 is 0.869. The Morgan fingerprint density at radius 1 is 1.12 bits per heavy atom. The van der Waals surface area contributed by atoms with Crippen molar-refractivity contribution in [3.05, 3.63) is 69.8 Å². The predicted molar refractivity (Wildman–Crippen MR) is 123 cm³/mol. The van der Waals surface area contributed by atoms with Crippen molar-refractivity contribution in [1.29, 1.82) is 0 Å². The number of hydrogen-bond acceptors (Lipinski definition) is 8. The lowest BCUT2D eigenvalue weighted by Gasteiger charge is -2.11. The van der Waals surface area contributed by atoms with E-state index in [0.29, 0.717) is 22.2 Å². The molecule has 0 atom stereocenters. The topological polar surface area (TPSA) is 100 Å². The summed E-state index contributed by atoms with van der Waals surface area (Å²) in [5.74, 6) is 0.661. The van der Waals surface area contributed by atoms with E-state index in [1.807, 2.05) is 38.1 Å². The van der Waals surface area contributed by atoms with E-state index in [9.17, 15) is 14.4 Å². The van der Waals surface area contributed by atoms with Crippen molar-refractivity contribution in [2.24, 2.45) is 0 Å². The van der Waals surface area contributed by atoms with E-state index in [1.165, 1.54) is 19.2 Å². The molecule has 9 nitrogen and oxygen atoms in total. The molecule has 34 heavy (non-hydrogen) atoms. The lowest BCUT2D eigenvalue weighted by molar-refractivity contribution is -0.123. The van der Waals surface area contributed by atoms with Crippen LogP contribution in [0.2, 0.25) is 0 Å². The maximum atomic E-state index is 13.0. The smallest absolute Gasteiger partial charge is 0.373 e. The first-order chi connectivity index (χ1) is 16.4. The largest absolute Gasteiger partial charge is 0.463 e. The lowest BCUT2D eigenvalue weighted by atomic mass is 10.2. The first-order valence-electron chi connectivity index (χ1n) is 10.4. The third kappa shape index (κ3) is 3.75. The quantitative estimate of drug-likeness (QED) is 0.390. The molecule has 0 aliphatic carbocycles. The molecule has 0 spiro atoms. The van der Waals surface area contributed by atoms with Gasteiger partial charge in [-0.05, 0) is 67.6 Å². The Morgan fingerprint density at radius 3 is 2.71 bits per heavy atom. The number of imide groups is 1. The predicted octanol–water partition coefficient (Wildman–Crippen LogP) is 4.44. The number of thioether (sulfide) groups is 1. The average Bonchev–Trinajstić information content (AvgIpc) is 3.58. The number of carbonyl (C=O) groups excluding carboxylic acids is 3. The van der Waals surface area contributed by atoms with Gasteiger partial charge >= 0.3 is 5.97 Å². The van der Waals surface area contributed by atoms with E-state index in [0.717, 1.165) is 39.3 Å². The number of methoxy groups -OCH3 is 1. The number of fused-ring (bicyclic) bond motifs is 1. The summed E-state index contributed by atoms with van der Waals surface area (Å²) in [6.45, 7) is 4.04. The van der Waals surface area contributed by atoms with Gasteiger partial charge < -0.3 is 23.2 Å². The minimum absolute atomic E-state index is 0.0102. The van der Waals surface area contributed by atoms with Gasteiger partial charge in [0, 0.05) is 23.1 Å². The number of rotatable bonds is 5. The number of aryl methyl sites for hydroxylation is 1. The molecule has 0 unspecified atom stereocenters. The molecule has 0 saturated carbocycles. The SMILES string of the molecule is COC(=O)c1ccc(CN2C(=O)S/C(=C/c3cc(C)n(-c4ccc5c(c4)OCO5)c3C)C2=O)o1. The van der Waals surface area contributed by atoms with Crippen LogP contribution in [-0.4, -0.2) is 40.5 Å². The monoisotopic (exact) mass is 480 g/mol. The number of furan rings is 1. The number of esters is 1. The molecule has 0 radical (unpaired) electrons. The fourth-order valence-corrected chi connectivity index (χ4v) is 4.79. The van der Waals surface area contributed by atoms with Crippen molar-refractivity contribution in [3.63, 3.8) is 0 Å². The van der Waals surface area contributed by atoms with Crippen LogP contribution >= 0.6 is 11.8 Å². The Hall–Kier alpha value is -3.92. The van der Waals surface area contributed by atoms with Crippen LogP contribution in [0.5, 0.6) is 11.5 Å². The fraction of sp³-hybridized carbons (Fsp3) is 0.208. The first kappa shape index (κ1) is 21.9. The molecule has 3 aromatic rings. The second kappa shape index (κ2) is 8.45. The molecule has 10 heteroatoms. The third-order valence-electron chi connectivity index (χ3n) is 5.61. The number of ether oxygens (including phenoxy) is 3. The number of aromatic nitrogens is 1. The molecule has 5 rings (SSSR count). The molecular formula is C24H20N2O7S. The molecule has 2 aliphatic heterocycles. The second-order valence-electron chi connectivity index (χ2n) is 7.72. The fourth-order valence-electron chi connectivity index (χ4n) is 3.96. The standard InChI is InChI=1S/C24H20N2O7S/c1-13-8-15(14(2)26(13)16-4-6-18-20(10-16)32-12-31-18)9-21-22(27)25(24(29)34-21)11-17-5-7-19(33-17)23(28)30-3/h4-10H,11-12H2,1-3H3/b21-9+. The van der Waals surface area contributed by atoms with Gasteiger partial charge in [-0.3, -0.25) is 14.5 Å². The summed E-state index contributed by atoms with van der Waals surface area (Å²) in [6, 6.07) is 10.7. The summed E-state index contributed by atoms with van der Waals surface area (Å²) in [5, 5.41) is -0.406. The van der Waals surface area contributed by atoms with Crippen molar-refractivity contribution in [1.82, 2.24) is 9.47 Å². The zero-order chi connectivity index (χ0) is 24.0. The summed E-state index contributed by atoms with van der Waals surface area (Å²) in [4.78, 5) is 38.5. The Balaban J connectivity index is 1.39. The van der Waals surface area contributed by atoms with Crippen LogP contribution in [0.15, 0.2) is 45.7 Å². The minimum atomic E-state index is -0.627. The highest BCUT2D eigenvalue weighted by atomic mass is 32.2. The molecule has 0 bridgehead atoms. The van der Waals surface area contributed by atoms with E-state index < -0.39 is 17.1 Å². The number of amides is 2. The van der Waals surface area contributed by atoms with Crippen molar-refractivity contribution < 1.29 is 33.0 Å². The van der Waals surface area contributed by atoms with Crippen LogP contribution in [0.25, 0.3) is 11.8 Å². The Labute approximate surface area is 198 Å². The molecule has 1 aromatic carbocycles. The van der Waals surface area contributed by atoms with E-state index in [4.69, 9.17) is 13.9 Å². The van der Waals surface area contributed by atoms with E-state index in [-0.39, 0.29) is 19.1 Å². The van der Waals surface area contributed by atoms with Crippen LogP contribution in [0.4, 0.5) is 4.79 Å². The third-order valence-corrected chi connectivity index (χ3v) is 6.51. The maximum Gasteiger partial charge on any atom is 0.373 e. The summed E-state index contributed by atoms with van der Waals surface area (Å²) in [7, 11) is 1.25. The van der Waals surface area contributed by atoms with Gasteiger partial charge in [0.05, 0.1) is 18.6 Å². The molecule has 1 fully saturated rings. The minimum Gasteiger partial charge on any atom is -0.463 e. The van der Waals surface area contributed by atoms with E-state index in [1.54, 1.807) is 6.08 Å². The molecule has 2 aromatic heterocycles. The number of hydrogen-bond donors (Lipinski definition) is 0. The lowest BCUT2D eigenvalue weighted by Crippen LogP contribution is -2.27. The molecule has 2 aliphatic rings. The number of nitrogens with zero attached hydrogens (tertiary/aromatic N) is 2. The molecule has 4 heterocycles. The van der Waals surface area contributed by atoms with Crippen LogP contribution < -0.4 is 9.47 Å². The Morgan fingerprint density at radius 2 is 1.91 bits per heavy atom. The highest BCUT2D eigenvalue weighted by Gasteiger charge is 2.36. The van der Waals surface area contributed by atoms with Gasteiger partial charge in [0.15, 0.2) is 11.5 Å². The molecule has 2 amide bonds. The van der Waals surface area contributed by atoms with Crippen molar-refractivity contribution in [2.75, 3.05) is 13.9 Å². The van der Waals surface area contributed by atoms with Crippen LogP contribution in [0, 0.1) is 13.8 Å². The molecule has 174 valence electrons. The number of benzene rings is 1. The first-order valence-corrected chi connectivity index (χ1v) is 11.2. The Kier molecular flexibility index (Phi) is 5.45. The van der Waals surface area contributed by atoms with Crippen molar-refractivity contribution >= 4 is 35.0 Å². The number of carbonyl (C=O) groups is 3. The van der Waals surface area contributed by atoms with Gasteiger partial charge in [0.25, 0.3) is 11.1 Å². The van der Waals surface area contributed by atoms with E-state index >= 15 is 0 Å². The van der Waals surface area contributed by atoms with Gasteiger partial charge in [-0.25, -0.2) is 4.79 Å². The highest BCUT2D eigenvalue weighted by Crippen LogP contribution is 2.37. The van der Waals surface area contributed by atoms with Crippen LogP contribution in [0.1, 0.15) is 33.3 Å². The van der Waals surface area contributed by atoms with Gasteiger partial charge in [0.2, 0.25) is 12.6 Å². The summed E-state index contributed by atoms with van der Waals surface area (Å²) < 4.78 is 22.9. The second-order valence-corrected chi connectivity index (χ2v) is 8.72. The van der Waals surface area contributed by atoms with Gasteiger partial charge in [0.1, 0.15) is 5.76 Å². The van der Waals surface area contributed by atoms with Crippen molar-refractivity contribution in [3.8, 4) is 17.2 Å². The van der Waals surface area contributed by atoms with Crippen LogP contribution in [0.3, 0.4) is 0 Å². The zero-order valence-corrected chi connectivity index (χ0v) is 19.4. The van der Waals surface area contributed by atoms with E-state index in [2.05, 4.69) is 9.30 Å².